The number of hydrogen-bond donors (Lipinski definition) is 1. The molecule has 0 radical (unpaired) electrons. The van der Waals surface area contributed by atoms with Gasteiger partial charge in [0.25, 0.3) is 0 Å². The highest BCUT2D eigenvalue weighted by atomic mass is 16.5. The second-order valence-electron chi connectivity index (χ2n) is 5.55. The molecule has 0 saturated heterocycles. The Balaban J connectivity index is 2.35. The van der Waals surface area contributed by atoms with Crippen LogP contribution < -0.4 is 10.1 Å². The second-order valence-corrected chi connectivity index (χ2v) is 5.55. The van der Waals surface area contributed by atoms with E-state index in [-0.39, 0.29) is 0 Å². The summed E-state index contributed by atoms with van der Waals surface area (Å²) in [6.07, 6.45) is 0. The fraction of sp³-hybridized carbons (Fsp3) is 0.647. The lowest BCUT2D eigenvalue weighted by Crippen LogP contribution is -2.27. The maximum atomic E-state index is 5.84. The smallest absolute Gasteiger partial charge is 0.119 e. The molecular weight excluding hydrogens is 248 g/mol. The van der Waals surface area contributed by atoms with Crippen LogP contribution in [-0.2, 0) is 6.54 Å². The lowest BCUT2D eigenvalue weighted by atomic mass is 10.2. The molecule has 0 atom stereocenters. The van der Waals surface area contributed by atoms with Gasteiger partial charge in [-0.15, -0.1) is 0 Å². The highest BCUT2D eigenvalue weighted by molar-refractivity contribution is 5.28. The van der Waals surface area contributed by atoms with E-state index in [1.807, 2.05) is 6.07 Å². The van der Waals surface area contributed by atoms with Crippen LogP contribution >= 0.6 is 0 Å². The third-order valence-corrected chi connectivity index (χ3v) is 3.35. The van der Waals surface area contributed by atoms with Gasteiger partial charge in [0.2, 0.25) is 0 Å². The van der Waals surface area contributed by atoms with Crippen LogP contribution in [0.5, 0.6) is 5.75 Å². The van der Waals surface area contributed by atoms with E-state index in [0.29, 0.717) is 5.92 Å². The van der Waals surface area contributed by atoms with Crippen LogP contribution in [0.1, 0.15) is 33.3 Å². The van der Waals surface area contributed by atoms with Crippen molar-refractivity contribution in [2.45, 2.75) is 34.2 Å². The van der Waals surface area contributed by atoms with Crippen molar-refractivity contribution in [2.24, 2.45) is 5.92 Å². The van der Waals surface area contributed by atoms with E-state index < -0.39 is 0 Å². The zero-order valence-corrected chi connectivity index (χ0v) is 13.5. The molecule has 0 spiro atoms. The van der Waals surface area contributed by atoms with Gasteiger partial charge in [0.05, 0.1) is 0 Å². The molecule has 114 valence electrons. The van der Waals surface area contributed by atoms with Gasteiger partial charge in [-0.1, -0.05) is 39.8 Å². The topological polar surface area (TPSA) is 24.5 Å². The van der Waals surface area contributed by atoms with Crippen LogP contribution in [0.4, 0.5) is 0 Å². The fourth-order valence-corrected chi connectivity index (χ4v) is 2.08. The molecule has 0 fully saturated rings. The minimum absolute atomic E-state index is 0.684. The van der Waals surface area contributed by atoms with Crippen molar-refractivity contribution in [2.75, 3.05) is 32.8 Å². The Hall–Kier alpha value is -1.06. The average molecular weight is 278 g/mol. The second kappa shape index (κ2) is 9.78. The van der Waals surface area contributed by atoms with Crippen LogP contribution in [0.25, 0.3) is 0 Å². The molecule has 1 rings (SSSR count). The van der Waals surface area contributed by atoms with Crippen molar-refractivity contribution in [3.05, 3.63) is 29.8 Å². The Morgan fingerprint density at radius 2 is 1.95 bits per heavy atom. The molecule has 1 aromatic carbocycles. The number of rotatable bonds is 10. The molecule has 0 unspecified atom stereocenters. The number of hydrogen-bond acceptors (Lipinski definition) is 3. The molecule has 0 aliphatic carbocycles. The SMILES string of the molecule is CCN(CC)CCOc1cccc(CNCC(C)C)c1. The number of nitrogens with zero attached hydrogens (tertiary/aromatic N) is 1. The maximum Gasteiger partial charge on any atom is 0.119 e. The summed E-state index contributed by atoms with van der Waals surface area (Å²) in [5, 5.41) is 3.46. The van der Waals surface area contributed by atoms with Gasteiger partial charge in [0.1, 0.15) is 12.4 Å². The summed E-state index contributed by atoms with van der Waals surface area (Å²) in [6.45, 7) is 14.7. The first-order valence-corrected chi connectivity index (χ1v) is 7.80. The quantitative estimate of drug-likeness (QED) is 0.711. The Bertz CT molecular complexity index is 362. The molecular formula is C17H30N2O. The van der Waals surface area contributed by atoms with Gasteiger partial charge in [0, 0.05) is 13.1 Å². The number of benzene rings is 1. The predicted octanol–water partition coefficient (Wildman–Crippen LogP) is 3.15. The summed E-state index contributed by atoms with van der Waals surface area (Å²) in [7, 11) is 0. The van der Waals surface area contributed by atoms with Gasteiger partial charge in [-0.2, -0.15) is 0 Å². The van der Waals surface area contributed by atoms with Crippen molar-refractivity contribution in [3.8, 4) is 5.75 Å². The first-order valence-electron chi connectivity index (χ1n) is 7.80. The maximum absolute atomic E-state index is 5.84. The average Bonchev–Trinajstić information content (AvgIpc) is 2.44. The highest BCUT2D eigenvalue weighted by Gasteiger charge is 2.01. The molecule has 1 N–H and O–H groups in total. The van der Waals surface area contributed by atoms with Gasteiger partial charge < -0.3 is 15.0 Å². The minimum atomic E-state index is 0.684. The summed E-state index contributed by atoms with van der Waals surface area (Å²) >= 11 is 0. The molecule has 1 aromatic rings. The third kappa shape index (κ3) is 6.92. The number of ether oxygens (including phenoxy) is 1. The zero-order chi connectivity index (χ0) is 14.8. The Morgan fingerprint density at radius 3 is 2.60 bits per heavy atom. The minimum Gasteiger partial charge on any atom is -0.492 e. The monoisotopic (exact) mass is 278 g/mol. The van der Waals surface area contributed by atoms with Crippen molar-refractivity contribution in [1.82, 2.24) is 10.2 Å². The van der Waals surface area contributed by atoms with Gasteiger partial charge in [-0.3, -0.25) is 0 Å². The van der Waals surface area contributed by atoms with E-state index in [9.17, 15) is 0 Å². The van der Waals surface area contributed by atoms with Crippen LogP contribution in [-0.4, -0.2) is 37.7 Å². The van der Waals surface area contributed by atoms with Crippen molar-refractivity contribution < 1.29 is 4.74 Å². The number of nitrogens with one attached hydrogen (secondary N) is 1. The van der Waals surface area contributed by atoms with Gasteiger partial charge >= 0.3 is 0 Å². The zero-order valence-electron chi connectivity index (χ0n) is 13.5. The summed E-state index contributed by atoms with van der Waals surface area (Å²) < 4.78 is 5.84. The molecule has 0 aliphatic heterocycles. The normalized spacial score (nSPS) is 11.3. The number of likely N-dealkylation sites (N-methyl/N-ethyl adjacent to an activating group) is 1. The van der Waals surface area contributed by atoms with Crippen molar-refractivity contribution in [1.29, 1.82) is 0 Å². The van der Waals surface area contributed by atoms with Crippen LogP contribution in [0.15, 0.2) is 24.3 Å². The van der Waals surface area contributed by atoms with Gasteiger partial charge in [-0.05, 0) is 43.2 Å². The largest absolute Gasteiger partial charge is 0.492 e. The molecule has 3 heteroatoms. The van der Waals surface area contributed by atoms with Crippen molar-refractivity contribution >= 4 is 0 Å². The van der Waals surface area contributed by atoms with Crippen LogP contribution in [0.2, 0.25) is 0 Å². The first kappa shape index (κ1) is 17.0. The first-order chi connectivity index (χ1) is 9.65. The van der Waals surface area contributed by atoms with Crippen LogP contribution in [0, 0.1) is 5.92 Å². The highest BCUT2D eigenvalue weighted by Crippen LogP contribution is 2.13. The van der Waals surface area contributed by atoms with E-state index in [0.717, 1.165) is 45.1 Å². The Morgan fingerprint density at radius 1 is 1.20 bits per heavy atom. The predicted molar refractivity (Wildman–Crippen MR) is 86.3 cm³/mol. The molecule has 0 heterocycles. The lowest BCUT2D eigenvalue weighted by Gasteiger charge is -2.18. The van der Waals surface area contributed by atoms with E-state index in [1.54, 1.807) is 0 Å². The molecule has 0 bridgehead atoms. The summed E-state index contributed by atoms with van der Waals surface area (Å²) in [5.74, 6) is 1.66. The van der Waals surface area contributed by atoms with E-state index in [1.165, 1.54) is 5.56 Å². The standard InChI is InChI=1S/C17H30N2O/c1-5-19(6-2)10-11-20-17-9-7-8-16(12-17)14-18-13-15(3)4/h7-9,12,15,18H,5-6,10-11,13-14H2,1-4H3. The van der Waals surface area contributed by atoms with Crippen LogP contribution in [0.3, 0.4) is 0 Å². The van der Waals surface area contributed by atoms with Gasteiger partial charge in [-0.25, -0.2) is 0 Å². The fourth-order valence-electron chi connectivity index (χ4n) is 2.08. The van der Waals surface area contributed by atoms with E-state index in [2.05, 4.69) is 56.1 Å². The molecule has 3 nitrogen and oxygen atoms in total. The molecule has 0 aromatic heterocycles. The summed E-state index contributed by atoms with van der Waals surface area (Å²) in [6, 6.07) is 8.38. The Kier molecular flexibility index (Phi) is 8.31. The van der Waals surface area contributed by atoms with E-state index >= 15 is 0 Å². The molecule has 0 aliphatic rings. The molecule has 20 heavy (non-hydrogen) atoms. The Labute approximate surface area is 124 Å². The third-order valence-electron chi connectivity index (χ3n) is 3.35. The molecule has 0 amide bonds. The van der Waals surface area contributed by atoms with Crippen molar-refractivity contribution in [3.63, 3.8) is 0 Å². The molecule has 0 saturated carbocycles. The van der Waals surface area contributed by atoms with E-state index in [4.69, 9.17) is 4.74 Å². The summed E-state index contributed by atoms with van der Waals surface area (Å²) in [5.41, 5.74) is 1.28. The summed E-state index contributed by atoms with van der Waals surface area (Å²) in [4.78, 5) is 2.37. The lowest BCUT2D eigenvalue weighted by molar-refractivity contribution is 0.222. The van der Waals surface area contributed by atoms with Gasteiger partial charge in [0.15, 0.2) is 0 Å².